The van der Waals surface area contributed by atoms with Gasteiger partial charge < -0.3 is 10.7 Å². The van der Waals surface area contributed by atoms with Gasteiger partial charge in [-0.05, 0) is 30.8 Å². The van der Waals surface area contributed by atoms with Crippen molar-refractivity contribution in [2.24, 2.45) is 5.84 Å². The molecular formula is C8H10FN3S. The average molecular weight is 199 g/mol. The molecule has 0 radical (unpaired) electrons. The zero-order valence-corrected chi connectivity index (χ0v) is 7.91. The molecule has 0 saturated heterocycles. The summed E-state index contributed by atoms with van der Waals surface area (Å²) in [5, 5.41) is 2.84. The van der Waals surface area contributed by atoms with E-state index in [4.69, 9.17) is 18.1 Å². The summed E-state index contributed by atoms with van der Waals surface area (Å²) in [6, 6.07) is 4.77. The summed E-state index contributed by atoms with van der Waals surface area (Å²) in [7, 11) is 0. The first-order chi connectivity index (χ1) is 6.15. The van der Waals surface area contributed by atoms with Crippen LogP contribution >= 0.6 is 12.2 Å². The minimum atomic E-state index is -0.349. The normalized spacial score (nSPS) is 9.46. The molecule has 3 nitrogen and oxygen atoms in total. The second-order valence-electron chi connectivity index (χ2n) is 2.53. The summed E-state index contributed by atoms with van der Waals surface area (Å²) < 4.78 is 13.2. The van der Waals surface area contributed by atoms with Crippen LogP contribution in [0, 0.1) is 12.7 Å². The Kier molecular flexibility index (Phi) is 3.16. The summed E-state index contributed by atoms with van der Waals surface area (Å²) in [5.74, 6) is 4.69. The van der Waals surface area contributed by atoms with E-state index in [2.05, 4.69) is 10.7 Å². The van der Waals surface area contributed by atoms with E-state index in [-0.39, 0.29) is 10.9 Å². The van der Waals surface area contributed by atoms with Crippen LogP contribution in [-0.4, -0.2) is 5.11 Å². The average Bonchev–Trinajstić information content (AvgIpc) is 2.11. The molecule has 0 aliphatic heterocycles. The molecule has 0 bridgehead atoms. The van der Waals surface area contributed by atoms with Gasteiger partial charge in [0.15, 0.2) is 5.11 Å². The van der Waals surface area contributed by atoms with Crippen LogP contribution in [-0.2, 0) is 0 Å². The van der Waals surface area contributed by atoms with Crippen molar-refractivity contribution in [3.05, 3.63) is 29.6 Å². The number of rotatable bonds is 1. The van der Waals surface area contributed by atoms with Crippen molar-refractivity contribution < 1.29 is 4.39 Å². The second kappa shape index (κ2) is 4.15. The maximum Gasteiger partial charge on any atom is 0.185 e. The summed E-state index contributed by atoms with van der Waals surface area (Å²) in [6.45, 7) is 1.78. The molecule has 0 spiro atoms. The maximum atomic E-state index is 13.2. The molecule has 0 aliphatic rings. The lowest BCUT2D eigenvalue weighted by Gasteiger charge is -2.10. The number of aryl methyl sites for hydroxylation is 1. The third-order valence-corrected chi connectivity index (χ3v) is 1.81. The highest BCUT2D eigenvalue weighted by atomic mass is 32.1. The van der Waals surface area contributed by atoms with Crippen molar-refractivity contribution in [3.8, 4) is 0 Å². The van der Waals surface area contributed by atoms with E-state index in [0.717, 1.165) is 5.56 Å². The number of benzene rings is 1. The quantitative estimate of drug-likeness (QED) is 0.362. The Hall–Kier alpha value is -1.20. The van der Waals surface area contributed by atoms with Crippen LogP contribution in [0.15, 0.2) is 18.2 Å². The number of nitrogens with one attached hydrogen (secondary N) is 2. The summed E-state index contributed by atoms with van der Waals surface area (Å²) in [4.78, 5) is 0. The van der Waals surface area contributed by atoms with Gasteiger partial charge in [-0.3, -0.25) is 0 Å². The molecule has 0 heterocycles. The standard InChI is InChI=1S/C8H10FN3S/c1-5-3-2-4-6(9)7(5)11-8(13)12-10/h2-4H,10H2,1H3,(H2,11,12,13). The molecule has 0 saturated carbocycles. The first kappa shape index (κ1) is 9.88. The molecule has 1 aromatic rings. The largest absolute Gasteiger partial charge is 0.329 e. The fourth-order valence-corrected chi connectivity index (χ4v) is 1.04. The zero-order chi connectivity index (χ0) is 9.84. The van der Waals surface area contributed by atoms with Crippen LogP contribution in [0.5, 0.6) is 0 Å². The predicted molar refractivity (Wildman–Crippen MR) is 54.7 cm³/mol. The molecule has 0 aliphatic carbocycles. The lowest BCUT2D eigenvalue weighted by Crippen LogP contribution is -2.34. The van der Waals surface area contributed by atoms with Crippen LogP contribution in [0.25, 0.3) is 0 Å². The Labute approximate surface area is 81.1 Å². The second-order valence-corrected chi connectivity index (χ2v) is 2.94. The van der Waals surface area contributed by atoms with Crippen LogP contribution < -0.4 is 16.6 Å². The monoisotopic (exact) mass is 199 g/mol. The third-order valence-electron chi connectivity index (χ3n) is 1.59. The number of thiocarbonyl (C=S) groups is 1. The molecule has 4 N–H and O–H groups in total. The fourth-order valence-electron chi connectivity index (χ4n) is 0.940. The first-order valence-corrected chi connectivity index (χ1v) is 4.08. The lowest BCUT2D eigenvalue weighted by atomic mass is 10.2. The maximum absolute atomic E-state index is 13.2. The SMILES string of the molecule is Cc1cccc(F)c1NC(=S)NN. The van der Waals surface area contributed by atoms with Gasteiger partial charge in [0, 0.05) is 0 Å². The van der Waals surface area contributed by atoms with Gasteiger partial charge in [-0.15, -0.1) is 0 Å². The molecule has 0 atom stereocenters. The van der Waals surface area contributed by atoms with Crippen molar-refractivity contribution in [2.75, 3.05) is 5.32 Å². The molecule has 1 rings (SSSR count). The van der Waals surface area contributed by atoms with E-state index >= 15 is 0 Å². The third kappa shape index (κ3) is 2.37. The van der Waals surface area contributed by atoms with Crippen molar-refractivity contribution in [1.82, 2.24) is 5.43 Å². The van der Waals surface area contributed by atoms with Gasteiger partial charge >= 0.3 is 0 Å². The van der Waals surface area contributed by atoms with E-state index in [1.54, 1.807) is 19.1 Å². The molecule has 0 amide bonds. The Morgan fingerprint density at radius 1 is 1.54 bits per heavy atom. The number of hydrogen-bond donors (Lipinski definition) is 3. The van der Waals surface area contributed by atoms with Gasteiger partial charge in [0.05, 0.1) is 5.69 Å². The lowest BCUT2D eigenvalue weighted by molar-refractivity contribution is 0.631. The first-order valence-electron chi connectivity index (χ1n) is 3.68. The van der Waals surface area contributed by atoms with E-state index in [9.17, 15) is 4.39 Å². The Balaban J connectivity index is 2.93. The van der Waals surface area contributed by atoms with Crippen LogP contribution in [0.2, 0.25) is 0 Å². The van der Waals surface area contributed by atoms with E-state index in [0.29, 0.717) is 5.69 Å². The Morgan fingerprint density at radius 2 is 2.23 bits per heavy atom. The topological polar surface area (TPSA) is 50.1 Å². The summed E-state index contributed by atoms with van der Waals surface area (Å²) in [6.07, 6.45) is 0. The van der Waals surface area contributed by atoms with Crippen molar-refractivity contribution >= 4 is 23.0 Å². The van der Waals surface area contributed by atoms with Gasteiger partial charge in [-0.1, -0.05) is 12.1 Å². The summed E-state index contributed by atoms with van der Waals surface area (Å²) in [5.41, 5.74) is 3.35. The highest BCUT2D eigenvalue weighted by Gasteiger charge is 2.05. The van der Waals surface area contributed by atoms with Crippen LogP contribution in [0.3, 0.4) is 0 Å². The van der Waals surface area contributed by atoms with E-state index < -0.39 is 0 Å². The highest BCUT2D eigenvalue weighted by molar-refractivity contribution is 7.80. The number of hydrazine groups is 1. The van der Waals surface area contributed by atoms with Crippen molar-refractivity contribution in [2.45, 2.75) is 6.92 Å². The van der Waals surface area contributed by atoms with Gasteiger partial charge in [0.1, 0.15) is 5.82 Å². The van der Waals surface area contributed by atoms with E-state index in [1.807, 2.05) is 0 Å². The van der Waals surface area contributed by atoms with Gasteiger partial charge in [-0.2, -0.15) is 0 Å². The number of anilines is 1. The molecule has 0 unspecified atom stereocenters. The van der Waals surface area contributed by atoms with Crippen LogP contribution in [0.1, 0.15) is 5.56 Å². The molecule has 0 fully saturated rings. The van der Waals surface area contributed by atoms with Gasteiger partial charge in [0.25, 0.3) is 0 Å². The predicted octanol–water partition coefficient (Wildman–Crippen LogP) is 1.29. The molecule has 1 aromatic carbocycles. The molecule has 5 heteroatoms. The minimum absolute atomic E-state index is 0.188. The molecule has 70 valence electrons. The molecule has 0 aromatic heterocycles. The number of halogens is 1. The van der Waals surface area contributed by atoms with Gasteiger partial charge in [-0.25, -0.2) is 10.2 Å². The van der Waals surface area contributed by atoms with Crippen LogP contribution in [0.4, 0.5) is 10.1 Å². The Bertz CT molecular complexity index is 307. The molecule has 13 heavy (non-hydrogen) atoms. The molecular weight excluding hydrogens is 189 g/mol. The van der Waals surface area contributed by atoms with Crippen molar-refractivity contribution in [3.63, 3.8) is 0 Å². The Morgan fingerprint density at radius 3 is 2.77 bits per heavy atom. The van der Waals surface area contributed by atoms with Crippen molar-refractivity contribution in [1.29, 1.82) is 0 Å². The number of hydrogen-bond acceptors (Lipinski definition) is 2. The zero-order valence-electron chi connectivity index (χ0n) is 7.10. The highest BCUT2D eigenvalue weighted by Crippen LogP contribution is 2.18. The number of para-hydroxylation sites is 1. The fraction of sp³-hybridized carbons (Fsp3) is 0.125. The smallest absolute Gasteiger partial charge is 0.185 e. The minimum Gasteiger partial charge on any atom is -0.329 e. The summed E-state index contributed by atoms with van der Waals surface area (Å²) >= 11 is 4.74. The number of nitrogens with two attached hydrogens (primary N) is 1. The van der Waals surface area contributed by atoms with Gasteiger partial charge in [0.2, 0.25) is 0 Å². The van der Waals surface area contributed by atoms with E-state index in [1.165, 1.54) is 6.07 Å².